The third-order valence-electron chi connectivity index (χ3n) is 6.02. The molecule has 0 bridgehead atoms. The van der Waals surface area contributed by atoms with Crippen LogP contribution in [0.2, 0.25) is 0 Å². The van der Waals surface area contributed by atoms with Crippen LogP contribution in [-0.2, 0) is 15.1 Å². The summed E-state index contributed by atoms with van der Waals surface area (Å²) in [6.07, 6.45) is -0.213. The van der Waals surface area contributed by atoms with Crippen LogP contribution in [0.25, 0.3) is 0 Å². The van der Waals surface area contributed by atoms with E-state index in [1.807, 2.05) is 52.9 Å². The van der Waals surface area contributed by atoms with E-state index in [9.17, 15) is 14.0 Å². The van der Waals surface area contributed by atoms with Crippen LogP contribution in [0.5, 0.6) is 0 Å². The molecule has 2 aromatic carbocycles. The number of alkyl carbamates (subject to hydrolysis) is 1. The number of nitrogens with zero attached hydrogens (tertiary/aromatic N) is 1. The molecule has 170 valence electrons. The van der Waals surface area contributed by atoms with Crippen molar-refractivity contribution in [2.24, 2.45) is 0 Å². The van der Waals surface area contributed by atoms with Gasteiger partial charge in [-0.1, -0.05) is 41.9 Å². The zero-order chi connectivity index (χ0) is 23.5. The van der Waals surface area contributed by atoms with Gasteiger partial charge in [0.1, 0.15) is 19.3 Å². The Morgan fingerprint density at radius 1 is 1.25 bits per heavy atom. The summed E-state index contributed by atoms with van der Waals surface area (Å²) in [6, 6.07) is 13.9. The Morgan fingerprint density at radius 3 is 2.44 bits per heavy atom. The standard InChI is InChI=1S/C24H30BFN2O4/c1-16(17-5-9-19(25)10-6-17)28-14-13-24(32-22(28)30,18-7-11-20(26)12-8-18)15-23(2,3)27-21(29)31-4/h5-12,16H,13-15,25H2,1-4H3,(H,27,29)/t16-,24-/m0/s1. The first-order valence-electron chi connectivity index (χ1n) is 10.7. The maximum absolute atomic E-state index is 13.6. The zero-order valence-corrected chi connectivity index (χ0v) is 19.3. The zero-order valence-electron chi connectivity index (χ0n) is 19.3. The van der Waals surface area contributed by atoms with E-state index in [1.165, 1.54) is 19.2 Å². The minimum Gasteiger partial charge on any atom is -0.453 e. The maximum Gasteiger partial charge on any atom is 0.411 e. The summed E-state index contributed by atoms with van der Waals surface area (Å²) in [5, 5.41) is 2.80. The second-order valence-corrected chi connectivity index (χ2v) is 9.08. The number of carbonyl (C=O) groups is 2. The largest absolute Gasteiger partial charge is 0.453 e. The van der Waals surface area contributed by atoms with Crippen molar-refractivity contribution in [3.63, 3.8) is 0 Å². The van der Waals surface area contributed by atoms with Crippen LogP contribution in [0.15, 0.2) is 48.5 Å². The van der Waals surface area contributed by atoms with Crippen LogP contribution in [0.1, 0.15) is 50.8 Å². The summed E-state index contributed by atoms with van der Waals surface area (Å²) < 4.78 is 24.4. The number of hydrogen-bond acceptors (Lipinski definition) is 4. The molecule has 2 aromatic rings. The maximum atomic E-state index is 13.6. The highest BCUT2D eigenvalue weighted by Gasteiger charge is 2.47. The van der Waals surface area contributed by atoms with Gasteiger partial charge in [0, 0.05) is 24.9 Å². The van der Waals surface area contributed by atoms with E-state index in [1.54, 1.807) is 17.0 Å². The van der Waals surface area contributed by atoms with Crippen molar-refractivity contribution in [1.29, 1.82) is 0 Å². The summed E-state index contributed by atoms with van der Waals surface area (Å²) in [5.41, 5.74) is 1.10. The van der Waals surface area contributed by atoms with Crippen molar-refractivity contribution in [3.05, 3.63) is 65.5 Å². The first-order chi connectivity index (χ1) is 15.0. The van der Waals surface area contributed by atoms with Gasteiger partial charge < -0.3 is 19.7 Å². The molecule has 1 saturated heterocycles. The smallest absolute Gasteiger partial charge is 0.411 e. The lowest BCUT2D eigenvalue weighted by molar-refractivity contribution is -0.0760. The second kappa shape index (κ2) is 9.22. The van der Waals surface area contributed by atoms with Crippen LogP contribution in [-0.4, -0.2) is 44.1 Å². The van der Waals surface area contributed by atoms with Gasteiger partial charge in [-0.05, 0) is 44.0 Å². The van der Waals surface area contributed by atoms with Crippen LogP contribution in [0.4, 0.5) is 14.0 Å². The molecule has 6 nitrogen and oxygen atoms in total. The molecule has 1 N–H and O–H groups in total. The summed E-state index contributed by atoms with van der Waals surface area (Å²) >= 11 is 0. The minimum atomic E-state index is -1.02. The summed E-state index contributed by atoms with van der Waals surface area (Å²) in [7, 11) is 3.32. The van der Waals surface area contributed by atoms with E-state index < -0.39 is 23.3 Å². The normalized spacial score (nSPS) is 19.8. The molecule has 0 spiro atoms. The lowest BCUT2D eigenvalue weighted by atomic mass is 9.78. The summed E-state index contributed by atoms with van der Waals surface area (Å²) in [6.45, 7) is 6.10. The van der Waals surface area contributed by atoms with E-state index in [0.717, 1.165) is 11.0 Å². The number of hydrogen-bond donors (Lipinski definition) is 1. The second-order valence-electron chi connectivity index (χ2n) is 9.08. The summed E-state index contributed by atoms with van der Waals surface area (Å²) in [4.78, 5) is 26.8. The molecule has 1 heterocycles. The molecular weight excluding hydrogens is 410 g/mol. The van der Waals surface area contributed by atoms with Crippen molar-refractivity contribution < 1.29 is 23.5 Å². The Balaban J connectivity index is 1.88. The number of carbonyl (C=O) groups excluding carboxylic acids is 2. The highest BCUT2D eigenvalue weighted by Crippen LogP contribution is 2.42. The van der Waals surface area contributed by atoms with Gasteiger partial charge in [0.15, 0.2) is 0 Å². The summed E-state index contributed by atoms with van der Waals surface area (Å²) in [5.74, 6) is -0.368. The first-order valence-corrected chi connectivity index (χ1v) is 10.7. The Labute approximate surface area is 189 Å². The lowest BCUT2D eigenvalue weighted by Gasteiger charge is -2.46. The number of nitrogens with one attached hydrogen (secondary N) is 1. The number of methoxy groups -OCH3 is 1. The molecule has 0 unspecified atom stereocenters. The molecule has 0 radical (unpaired) electrons. The minimum absolute atomic E-state index is 0.157. The number of ether oxygens (including phenoxy) is 2. The Morgan fingerprint density at radius 2 is 1.88 bits per heavy atom. The SMILES string of the molecule is Bc1ccc([C@H](C)N2CC[C@](CC(C)(C)NC(=O)OC)(c3ccc(F)cc3)OC2=O)cc1. The Hall–Kier alpha value is -3.03. The Bertz CT molecular complexity index is 965. The van der Waals surface area contributed by atoms with Gasteiger partial charge >= 0.3 is 12.2 Å². The molecule has 0 aromatic heterocycles. The molecule has 1 aliphatic heterocycles. The predicted molar refractivity (Wildman–Crippen MR) is 123 cm³/mol. The fourth-order valence-electron chi connectivity index (χ4n) is 4.31. The van der Waals surface area contributed by atoms with E-state index in [2.05, 4.69) is 5.32 Å². The van der Waals surface area contributed by atoms with E-state index >= 15 is 0 Å². The average molecular weight is 440 g/mol. The van der Waals surface area contributed by atoms with Gasteiger partial charge in [-0.15, -0.1) is 0 Å². The van der Waals surface area contributed by atoms with Crippen LogP contribution in [0, 0.1) is 5.82 Å². The van der Waals surface area contributed by atoms with Gasteiger partial charge in [0.2, 0.25) is 0 Å². The number of amides is 2. The van der Waals surface area contributed by atoms with Gasteiger partial charge in [-0.3, -0.25) is 0 Å². The number of halogens is 1. The van der Waals surface area contributed by atoms with Crippen molar-refractivity contribution >= 4 is 25.5 Å². The molecule has 0 aliphatic carbocycles. The predicted octanol–water partition coefficient (Wildman–Crippen LogP) is 3.41. The van der Waals surface area contributed by atoms with Crippen LogP contribution >= 0.6 is 0 Å². The molecule has 32 heavy (non-hydrogen) atoms. The molecule has 1 fully saturated rings. The van der Waals surface area contributed by atoms with E-state index in [0.29, 0.717) is 24.9 Å². The van der Waals surface area contributed by atoms with Crippen molar-refractivity contribution in [2.75, 3.05) is 13.7 Å². The quantitative estimate of drug-likeness (QED) is 0.700. The van der Waals surface area contributed by atoms with Crippen molar-refractivity contribution in [2.45, 2.75) is 50.8 Å². The molecular formula is C24H30BFN2O4. The molecule has 2 amide bonds. The molecule has 1 aliphatic rings. The van der Waals surface area contributed by atoms with Crippen molar-refractivity contribution in [3.8, 4) is 0 Å². The van der Waals surface area contributed by atoms with Crippen molar-refractivity contribution in [1.82, 2.24) is 10.2 Å². The van der Waals surface area contributed by atoms with Crippen LogP contribution < -0.4 is 10.8 Å². The fourth-order valence-corrected chi connectivity index (χ4v) is 4.31. The van der Waals surface area contributed by atoms with E-state index in [4.69, 9.17) is 9.47 Å². The number of benzene rings is 2. The van der Waals surface area contributed by atoms with Gasteiger partial charge in [-0.25, -0.2) is 14.0 Å². The third kappa shape index (κ3) is 5.23. The van der Waals surface area contributed by atoms with Gasteiger partial charge in [0.25, 0.3) is 0 Å². The molecule has 0 saturated carbocycles. The van der Waals surface area contributed by atoms with Gasteiger partial charge in [0.05, 0.1) is 13.2 Å². The van der Waals surface area contributed by atoms with Gasteiger partial charge in [-0.2, -0.15) is 0 Å². The molecule has 2 atom stereocenters. The number of cyclic esters (lactones) is 1. The number of rotatable bonds is 6. The molecule has 8 heteroatoms. The van der Waals surface area contributed by atoms with E-state index in [-0.39, 0.29) is 11.9 Å². The molecule has 3 rings (SSSR count). The topological polar surface area (TPSA) is 67.9 Å². The third-order valence-corrected chi connectivity index (χ3v) is 6.02. The Kier molecular flexibility index (Phi) is 6.81. The van der Waals surface area contributed by atoms with Crippen LogP contribution in [0.3, 0.4) is 0 Å². The highest BCUT2D eigenvalue weighted by atomic mass is 19.1. The highest BCUT2D eigenvalue weighted by molar-refractivity contribution is 6.32. The lowest BCUT2D eigenvalue weighted by Crippen LogP contribution is -2.54. The monoisotopic (exact) mass is 440 g/mol. The first kappa shape index (κ1) is 23.6. The average Bonchev–Trinajstić information content (AvgIpc) is 2.73. The fraction of sp³-hybridized carbons (Fsp3) is 0.417.